The van der Waals surface area contributed by atoms with Gasteiger partial charge in [0.1, 0.15) is 0 Å². The van der Waals surface area contributed by atoms with Gasteiger partial charge < -0.3 is 5.48 Å². The summed E-state index contributed by atoms with van der Waals surface area (Å²) in [6, 6.07) is 0. The van der Waals surface area contributed by atoms with Gasteiger partial charge >= 0.3 is 146 Å². The zero-order valence-corrected chi connectivity index (χ0v) is 21.3. The van der Waals surface area contributed by atoms with E-state index < -0.39 is 18.6 Å². The molecule has 2 radical (unpaired) electrons. The number of halogens is 1. The standard InChI is InChI=1S/4C4H9.ClH.H2O.2Sn.H/c4*1-3-4-2;;;;;/h4*1,3-4H2,2H3;1H;1H2;;;/q;;;;;;;+1;/p-1. The van der Waals surface area contributed by atoms with Crippen LogP contribution in [0.15, 0.2) is 0 Å². The van der Waals surface area contributed by atoms with E-state index in [1.165, 1.54) is 60.2 Å². The fourth-order valence-corrected chi connectivity index (χ4v) is 13.2. The number of hydrogen-bond donors (Lipinski definition) is 0. The molecule has 0 aliphatic rings. The molecule has 0 saturated carbocycles. The van der Waals surface area contributed by atoms with E-state index in [-0.39, 0.29) is 26.6 Å². The minimum atomic E-state index is -1.27. The first-order valence-electron chi connectivity index (χ1n) is 8.54. The molecule has 2 N–H and O–H groups in total. The van der Waals surface area contributed by atoms with Crippen molar-refractivity contribution in [2.75, 3.05) is 0 Å². The summed E-state index contributed by atoms with van der Waals surface area (Å²) in [7, 11) is 6.24. The second-order valence-corrected chi connectivity index (χ2v) is 19.6. The molecule has 20 heavy (non-hydrogen) atoms. The van der Waals surface area contributed by atoms with E-state index >= 15 is 0 Å². The van der Waals surface area contributed by atoms with Crippen LogP contribution >= 0.6 is 8.92 Å². The quantitative estimate of drug-likeness (QED) is 0.229. The maximum absolute atomic E-state index is 6.24. The largest absolute Gasteiger partial charge is 0.412 e. The molecule has 0 unspecified atom stereocenters. The van der Waals surface area contributed by atoms with Crippen molar-refractivity contribution in [3.63, 3.8) is 0 Å². The van der Waals surface area contributed by atoms with E-state index in [1.54, 1.807) is 8.87 Å². The Labute approximate surface area is 150 Å². The van der Waals surface area contributed by atoms with Gasteiger partial charge in [-0.3, -0.25) is 0 Å². The first-order chi connectivity index (χ1) is 9.22. The van der Waals surface area contributed by atoms with Crippen molar-refractivity contribution in [3.8, 4) is 0 Å². The van der Waals surface area contributed by atoms with Gasteiger partial charge in [0.25, 0.3) is 0 Å². The van der Waals surface area contributed by atoms with Crippen molar-refractivity contribution in [2.24, 2.45) is 0 Å². The second kappa shape index (κ2) is 25.8. The fraction of sp³-hybridized carbons (Fsp3) is 1.00. The zero-order chi connectivity index (χ0) is 14.8. The Morgan fingerprint density at radius 2 is 1.05 bits per heavy atom. The molecular formula is C16H39ClOSn2. The van der Waals surface area contributed by atoms with E-state index in [0.29, 0.717) is 0 Å². The Balaban J connectivity index is -0.000000277. The first kappa shape index (κ1) is 26.7. The summed E-state index contributed by atoms with van der Waals surface area (Å²) in [5, 5.41) is 0. The summed E-state index contributed by atoms with van der Waals surface area (Å²) in [5.74, 6) is 0. The molecule has 0 aliphatic carbocycles. The van der Waals surface area contributed by atoms with Crippen LogP contribution in [-0.2, 0) is 0 Å². The van der Waals surface area contributed by atoms with E-state index in [4.69, 9.17) is 8.92 Å². The molecule has 4 heteroatoms. The van der Waals surface area contributed by atoms with Gasteiger partial charge in [0.15, 0.2) is 0 Å². The molecule has 0 aromatic carbocycles. The molecule has 0 fully saturated rings. The van der Waals surface area contributed by atoms with Gasteiger partial charge in [-0.1, -0.05) is 0 Å². The minimum absolute atomic E-state index is 0. The zero-order valence-electron chi connectivity index (χ0n) is 14.4. The van der Waals surface area contributed by atoms with Gasteiger partial charge in [-0.15, -0.1) is 0 Å². The van der Waals surface area contributed by atoms with Gasteiger partial charge in [-0.25, -0.2) is 0 Å². The van der Waals surface area contributed by atoms with Gasteiger partial charge in [-0.2, -0.15) is 0 Å². The molecule has 0 atom stereocenters. The average Bonchev–Trinajstić information content (AvgIpc) is 2.43. The Kier molecular flexibility index (Phi) is 34.5. The van der Waals surface area contributed by atoms with Crippen molar-refractivity contribution >= 4 is 48.7 Å². The summed E-state index contributed by atoms with van der Waals surface area (Å²) in [5.41, 5.74) is 0. The summed E-state index contributed by atoms with van der Waals surface area (Å²) in [6.07, 6.45) is 11.3. The molecule has 0 saturated heterocycles. The van der Waals surface area contributed by atoms with Crippen LogP contribution < -0.4 is 0 Å². The van der Waals surface area contributed by atoms with Crippen LogP contribution in [0.25, 0.3) is 0 Å². The van der Waals surface area contributed by atoms with E-state index in [2.05, 4.69) is 27.7 Å². The van der Waals surface area contributed by atoms with Gasteiger partial charge in [0.05, 0.1) is 0 Å². The molecule has 0 bridgehead atoms. The van der Waals surface area contributed by atoms with Crippen molar-refractivity contribution in [1.82, 2.24) is 0 Å². The summed E-state index contributed by atoms with van der Waals surface area (Å²) >= 11 is -1.27. The maximum Gasteiger partial charge on any atom is -0.412 e. The molecule has 0 amide bonds. The predicted octanol–water partition coefficient (Wildman–Crippen LogP) is 5.85. The summed E-state index contributed by atoms with van der Waals surface area (Å²) < 4.78 is 6.10. The predicted molar refractivity (Wildman–Crippen MR) is 101 cm³/mol. The van der Waals surface area contributed by atoms with E-state index in [9.17, 15) is 0 Å². The first-order valence-corrected chi connectivity index (χ1v) is 20.9. The van der Waals surface area contributed by atoms with Crippen molar-refractivity contribution in [1.29, 1.82) is 0 Å². The average molecular weight is 520 g/mol. The number of unbranched alkanes of at least 4 members (excludes halogenated alkanes) is 4. The molecule has 0 aromatic rings. The van der Waals surface area contributed by atoms with E-state index in [0.717, 1.165) is 0 Å². The van der Waals surface area contributed by atoms with Crippen LogP contribution in [-0.4, -0.2) is 45.3 Å². The second-order valence-electron chi connectivity index (χ2n) is 5.30. The van der Waals surface area contributed by atoms with Crippen molar-refractivity contribution in [2.45, 2.75) is 96.8 Å². The Bertz CT molecular complexity index is 134. The molecular weight excluding hydrogens is 481 g/mol. The normalized spacial score (nSPS) is 9.90. The molecule has 0 heterocycles. The van der Waals surface area contributed by atoms with Crippen LogP contribution in [0.3, 0.4) is 0 Å². The molecule has 0 rings (SSSR count). The monoisotopic (exact) mass is 522 g/mol. The van der Waals surface area contributed by atoms with Crippen LogP contribution in [0, 0.1) is 0 Å². The van der Waals surface area contributed by atoms with Gasteiger partial charge in [0.2, 0.25) is 0 Å². The Hall–Kier alpha value is 1.85. The van der Waals surface area contributed by atoms with Crippen LogP contribution in [0.5, 0.6) is 0 Å². The van der Waals surface area contributed by atoms with Crippen molar-refractivity contribution < 1.29 is 5.48 Å². The Morgan fingerprint density at radius 1 is 0.700 bits per heavy atom. The number of rotatable bonds is 12. The van der Waals surface area contributed by atoms with Gasteiger partial charge in [0, 0.05) is 0 Å². The van der Waals surface area contributed by atoms with Gasteiger partial charge in [-0.05, 0) is 0 Å². The summed E-state index contributed by atoms with van der Waals surface area (Å²) in [6.45, 7) is 9.07. The fourth-order valence-electron chi connectivity index (χ4n) is 1.70. The number of hydrogen-bond acceptors (Lipinski definition) is 0. The molecule has 1 nitrogen and oxygen atoms in total. The molecule has 0 spiro atoms. The third kappa shape index (κ3) is 28.1. The molecule has 124 valence electrons. The maximum atomic E-state index is 6.24. The van der Waals surface area contributed by atoms with E-state index in [1.807, 2.05) is 0 Å². The van der Waals surface area contributed by atoms with Crippen LogP contribution in [0.2, 0.25) is 17.7 Å². The van der Waals surface area contributed by atoms with Crippen molar-refractivity contribution in [3.05, 3.63) is 0 Å². The molecule has 0 aromatic heterocycles. The third-order valence-corrected chi connectivity index (χ3v) is 15.4. The third-order valence-electron chi connectivity index (χ3n) is 3.13. The smallest absolute Gasteiger partial charge is 0.412 e. The SMILES string of the molecule is CCC[CH2][SnH][CH2]CCC.CCC[CH2][Sn]([Cl])[CH2]CCC.O. The Morgan fingerprint density at radius 3 is 1.35 bits per heavy atom. The van der Waals surface area contributed by atoms with Crippen LogP contribution in [0.1, 0.15) is 79.1 Å². The van der Waals surface area contributed by atoms with Crippen LogP contribution in [0.4, 0.5) is 0 Å². The minimum Gasteiger partial charge on any atom is -0.412 e. The summed E-state index contributed by atoms with van der Waals surface area (Å²) in [4.78, 5) is 0. The topological polar surface area (TPSA) is 31.5 Å². The molecule has 0 aliphatic heterocycles.